The zero-order valence-corrected chi connectivity index (χ0v) is 18.1. The van der Waals surface area contributed by atoms with Crippen LogP contribution in [0, 0.1) is 0 Å². The van der Waals surface area contributed by atoms with E-state index in [1.165, 1.54) is 11.2 Å². The zero-order valence-electron chi connectivity index (χ0n) is 17.3. The van der Waals surface area contributed by atoms with Crippen LogP contribution in [0.4, 0.5) is 0 Å². The van der Waals surface area contributed by atoms with Crippen LogP contribution < -0.4 is 10.6 Å². The van der Waals surface area contributed by atoms with E-state index in [9.17, 15) is 18.0 Å². The maximum Gasteiger partial charge on any atom is 0.261 e. The molecule has 0 radical (unpaired) electrons. The second-order valence-electron chi connectivity index (χ2n) is 7.24. The summed E-state index contributed by atoms with van der Waals surface area (Å²) in [4.78, 5) is 30.5. The second kappa shape index (κ2) is 10.4. The fourth-order valence-electron chi connectivity index (χ4n) is 3.03. The van der Waals surface area contributed by atoms with E-state index in [1.807, 2.05) is 13.8 Å². The number of fused-ring (bicyclic) bond motifs is 1. The molecule has 0 spiro atoms. The first-order chi connectivity index (χ1) is 13.7. The first-order valence-electron chi connectivity index (χ1n) is 9.90. The Balaban J connectivity index is 1.78. The summed E-state index contributed by atoms with van der Waals surface area (Å²) in [6.07, 6.45) is 3.12. The molecule has 0 aliphatic carbocycles. The molecule has 9 heteroatoms. The van der Waals surface area contributed by atoms with Gasteiger partial charge in [0.1, 0.15) is 9.84 Å². The summed E-state index contributed by atoms with van der Waals surface area (Å²) in [7, 11) is -2.99. The molecule has 0 fully saturated rings. The third kappa shape index (κ3) is 6.85. The van der Waals surface area contributed by atoms with Gasteiger partial charge in [-0.05, 0) is 45.2 Å². The summed E-state index contributed by atoms with van der Waals surface area (Å²) in [5.41, 5.74) is 0.939. The molecule has 1 aliphatic heterocycles. The smallest absolute Gasteiger partial charge is 0.261 e. The van der Waals surface area contributed by atoms with Gasteiger partial charge in [-0.2, -0.15) is 0 Å². The summed E-state index contributed by atoms with van der Waals surface area (Å²) in [6.45, 7) is 5.48. The molecule has 2 rings (SSSR count). The predicted octanol–water partition coefficient (Wildman–Crippen LogP) is 1.44. The second-order valence-corrected chi connectivity index (χ2v) is 9.50. The van der Waals surface area contributed by atoms with Gasteiger partial charge in [-0.15, -0.1) is 0 Å². The molecule has 0 bridgehead atoms. The van der Waals surface area contributed by atoms with E-state index in [0.717, 1.165) is 6.42 Å². The summed E-state index contributed by atoms with van der Waals surface area (Å²) in [6, 6.07) is 6.85. The minimum Gasteiger partial charge on any atom is -0.357 e. The van der Waals surface area contributed by atoms with Gasteiger partial charge in [-0.3, -0.25) is 19.5 Å². The molecule has 1 aromatic rings. The van der Waals surface area contributed by atoms with Gasteiger partial charge in [0.05, 0.1) is 16.9 Å². The van der Waals surface area contributed by atoms with Crippen LogP contribution in [0.15, 0.2) is 29.3 Å². The van der Waals surface area contributed by atoms with Gasteiger partial charge in [-0.25, -0.2) is 8.42 Å². The molecule has 0 saturated carbocycles. The van der Waals surface area contributed by atoms with Gasteiger partial charge in [0.15, 0.2) is 5.96 Å². The van der Waals surface area contributed by atoms with E-state index >= 15 is 0 Å². The van der Waals surface area contributed by atoms with Crippen molar-refractivity contribution in [2.45, 2.75) is 39.2 Å². The Morgan fingerprint density at radius 2 is 1.76 bits per heavy atom. The number of aliphatic imine (C=N–C) groups is 1. The average molecular weight is 423 g/mol. The van der Waals surface area contributed by atoms with E-state index in [1.54, 1.807) is 24.3 Å². The Hall–Kier alpha value is -2.42. The summed E-state index contributed by atoms with van der Waals surface area (Å²) in [5.74, 6) is 0.294. The maximum atomic E-state index is 12.3. The Bertz CT molecular complexity index is 832. The number of benzene rings is 1. The number of hydrogen-bond acceptors (Lipinski definition) is 5. The van der Waals surface area contributed by atoms with Gasteiger partial charge in [0.25, 0.3) is 11.8 Å². The molecule has 1 unspecified atom stereocenters. The van der Waals surface area contributed by atoms with Crippen molar-refractivity contribution < 1.29 is 18.0 Å². The Labute approximate surface area is 172 Å². The standard InChI is InChI=1S/C20H30N4O4S/c1-4-21-20(23-15(2)11-14-29(3,27)28)22-12-7-8-13-24-18(25)16-9-5-6-10-17(16)19(24)26/h5-6,9-10,15H,4,7-8,11-14H2,1-3H3,(H2,21,22,23). The third-order valence-electron chi connectivity index (χ3n) is 4.59. The van der Waals surface area contributed by atoms with Crippen molar-refractivity contribution in [2.75, 3.05) is 31.6 Å². The fraction of sp³-hybridized carbons (Fsp3) is 0.550. The molecule has 8 nitrogen and oxygen atoms in total. The highest BCUT2D eigenvalue weighted by Crippen LogP contribution is 2.22. The summed E-state index contributed by atoms with van der Waals surface area (Å²) >= 11 is 0. The topological polar surface area (TPSA) is 108 Å². The number of nitrogens with one attached hydrogen (secondary N) is 2. The molecular formula is C20H30N4O4S. The number of carbonyl (C=O) groups is 2. The van der Waals surface area contributed by atoms with Crippen molar-refractivity contribution >= 4 is 27.6 Å². The van der Waals surface area contributed by atoms with Gasteiger partial charge in [0, 0.05) is 31.9 Å². The quantitative estimate of drug-likeness (QED) is 0.256. The number of rotatable bonds is 10. The summed E-state index contributed by atoms with van der Waals surface area (Å²) < 4.78 is 22.6. The number of sulfone groups is 1. The Kier molecular flexibility index (Phi) is 8.19. The predicted molar refractivity (Wildman–Crippen MR) is 114 cm³/mol. The van der Waals surface area contributed by atoms with Crippen LogP contribution in [-0.2, 0) is 9.84 Å². The van der Waals surface area contributed by atoms with Crippen LogP contribution >= 0.6 is 0 Å². The molecule has 0 saturated heterocycles. The number of hydrogen-bond donors (Lipinski definition) is 2. The molecule has 1 heterocycles. The number of carbonyl (C=O) groups excluding carboxylic acids is 2. The highest BCUT2D eigenvalue weighted by atomic mass is 32.2. The van der Waals surface area contributed by atoms with E-state index < -0.39 is 9.84 Å². The molecule has 2 amide bonds. The highest BCUT2D eigenvalue weighted by Gasteiger charge is 2.34. The number of amides is 2. The molecule has 0 aromatic heterocycles. The van der Waals surface area contributed by atoms with E-state index in [0.29, 0.717) is 49.6 Å². The van der Waals surface area contributed by atoms with Crippen LogP contribution in [0.1, 0.15) is 53.8 Å². The lowest BCUT2D eigenvalue weighted by Crippen LogP contribution is -2.43. The molecule has 2 N–H and O–H groups in total. The van der Waals surface area contributed by atoms with Crippen molar-refractivity contribution in [3.63, 3.8) is 0 Å². The number of unbranched alkanes of at least 4 members (excludes halogenated alkanes) is 1. The van der Waals surface area contributed by atoms with Crippen molar-refractivity contribution in [3.05, 3.63) is 35.4 Å². The molecular weight excluding hydrogens is 392 g/mol. The van der Waals surface area contributed by atoms with Gasteiger partial charge in [-0.1, -0.05) is 12.1 Å². The van der Waals surface area contributed by atoms with Gasteiger partial charge in [0.2, 0.25) is 0 Å². The number of imide groups is 1. The van der Waals surface area contributed by atoms with E-state index in [2.05, 4.69) is 15.6 Å². The zero-order chi connectivity index (χ0) is 21.4. The third-order valence-corrected chi connectivity index (χ3v) is 5.56. The van der Waals surface area contributed by atoms with Crippen molar-refractivity contribution in [1.82, 2.24) is 15.5 Å². The van der Waals surface area contributed by atoms with E-state index in [-0.39, 0.29) is 23.6 Å². The number of nitrogens with zero attached hydrogens (tertiary/aromatic N) is 2. The average Bonchev–Trinajstić information content (AvgIpc) is 2.90. The van der Waals surface area contributed by atoms with Crippen LogP contribution in [0.2, 0.25) is 0 Å². The first kappa shape index (κ1) is 22.9. The first-order valence-corrected chi connectivity index (χ1v) is 12.0. The lowest BCUT2D eigenvalue weighted by molar-refractivity contribution is 0.0652. The summed E-state index contributed by atoms with van der Waals surface area (Å²) in [5, 5.41) is 6.34. The number of guanidine groups is 1. The normalized spacial score (nSPS) is 15.4. The van der Waals surface area contributed by atoms with Crippen LogP contribution in [0.5, 0.6) is 0 Å². The molecule has 1 atom stereocenters. The SMILES string of the molecule is CCNC(=NCCCCN1C(=O)c2ccccc2C1=O)NC(C)CCS(C)(=O)=O. The molecule has 160 valence electrons. The minimum atomic E-state index is -2.99. The van der Waals surface area contributed by atoms with Crippen molar-refractivity contribution in [2.24, 2.45) is 4.99 Å². The minimum absolute atomic E-state index is 0.0270. The van der Waals surface area contributed by atoms with Crippen LogP contribution in [0.3, 0.4) is 0 Å². The van der Waals surface area contributed by atoms with Crippen LogP contribution in [0.25, 0.3) is 0 Å². The van der Waals surface area contributed by atoms with Crippen LogP contribution in [-0.4, -0.2) is 68.8 Å². The maximum absolute atomic E-state index is 12.3. The fourth-order valence-corrected chi connectivity index (χ4v) is 3.81. The highest BCUT2D eigenvalue weighted by molar-refractivity contribution is 7.90. The Morgan fingerprint density at radius 3 is 2.31 bits per heavy atom. The largest absolute Gasteiger partial charge is 0.357 e. The van der Waals surface area contributed by atoms with Crippen molar-refractivity contribution in [1.29, 1.82) is 0 Å². The molecule has 29 heavy (non-hydrogen) atoms. The van der Waals surface area contributed by atoms with Crippen molar-refractivity contribution in [3.8, 4) is 0 Å². The van der Waals surface area contributed by atoms with Gasteiger partial charge >= 0.3 is 0 Å². The molecule has 1 aromatic carbocycles. The van der Waals surface area contributed by atoms with E-state index in [4.69, 9.17) is 0 Å². The van der Waals surface area contributed by atoms with Gasteiger partial charge < -0.3 is 10.6 Å². The monoisotopic (exact) mass is 422 g/mol. The molecule has 1 aliphatic rings. The Morgan fingerprint density at radius 1 is 1.14 bits per heavy atom. The lowest BCUT2D eigenvalue weighted by atomic mass is 10.1. The lowest BCUT2D eigenvalue weighted by Gasteiger charge is -2.17.